The van der Waals surface area contributed by atoms with Gasteiger partial charge in [0.1, 0.15) is 17.6 Å². The molecule has 0 amide bonds. The van der Waals surface area contributed by atoms with Crippen LogP contribution in [0.4, 0.5) is 13.2 Å². The van der Waals surface area contributed by atoms with E-state index in [1.807, 2.05) is 38.1 Å². The zero-order valence-corrected chi connectivity index (χ0v) is 18.0. The van der Waals surface area contributed by atoms with Crippen molar-refractivity contribution in [1.82, 2.24) is 0 Å². The molecule has 3 rings (SSSR count). The van der Waals surface area contributed by atoms with Crippen LogP contribution in [0.2, 0.25) is 0 Å². The highest BCUT2D eigenvalue weighted by atomic mass is 19.4. The van der Waals surface area contributed by atoms with Gasteiger partial charge in [-0.25, -0.2) is 0 Å². The number of halogens is 3. The highest BCUT2D eigenvalue weighted by Crippen LogP contribution is 2.36. The molecule has 164 valence electrons. The van der Waals surface area contributed by atoms with Gasteiger partial charge in [-0.15, -0.1) is 0 Å². The molecular weight excluding hydrogens is 401 g/mol. The van der Waals surface area contributed by atoms with Gasteiger partial charge in [0, 0.05) is 0 Å². The third-order valence-electron chi connectivity index (χ3n) is 5.51. The van der Waals surface area contributed by atoms with E-state index in [9.17, 15) is 18.3 Å². The molecule has 0 aliphatic carbocycles. The molecule has 5 heteroatoms. The van der Waals surface area contributed by atoms with E-state index in [0.717, 1.165) is 59.2 Å². The molecule has 0 radical (unpaired) electrons. The van der Waals surface area contributed by atoms with Gasteiger partial charge in [-0.05, 0) is 84.8 Å². The summed E-state index contributed by atoms with van der Waals surface area (Å²) in [5, 5.41) is 9.79. The molecule has 0 saturated heterocycles. The third-order valence-corrected chi connectivity index (χ3v) is 5.51. The highest BCUT2D eigenvalue weighted by Gasteiger charge is 2.30. The molecule has 0 heterocycles. The molecular formula is C26H27F3O2. The number of aromatic hydroxyl groups is 1. The predicted octanol–water partition coefficient (Wildman–Crippen LogP) is 8.01. The molecule has 3 aromatic carbocycles. The fourth-order valence-corrected chi connectivity index (χ4v) is 3.69. The lowest BCUT2D eigenvalue weighted by Gasteiger charge is -2.23. The number of benzene rings is 3. The molecule has 0 fully saturated rings. The SMILES string of the molecule is CCCCC(Oc1ccc(O)c(C)c1)c1cccc(-c2ccc(C(F)(F)F)cc2)c1C. The van der Waals surface area contributed by atoms with Crippen LogP contribution in [0.1, 0.15) is 54.5 Å². The summed E-state index contributed by atoms with van der Waals surface area (Å²) < 4.78 is 45.1. The van der Waals surface area contributed by atoms with Crippen LogP contribution in [0.15, 0.2) is 60.7 Å². The molecule has 1 unspecified atom stereocenters. The average molecular weight is 428 g/mol. The highest BCUT2D eigenvalue weighted by molar-refractivity contribution is 5.69. The fraction of sp³-hybridized carbons (Fsp3) is 0.308. The van der Waals surface area contributed by atoms with Crippen molar-refractivity contribution in [3.05, 3.63) is 82.9 Å². The van der Waals surface area contributed by atoms with Gasteiger partial charge in [-0.1, -0.05) is 43.7 Å². The fourth-order valence-electron chi connectivity index (χ4n) is 3.69. The van der Waals surface area contributed by atoms with Crippen molar-refractivity contribution >= 4 is 0 Å². The summed E-state index contributed by atoms with van der Waals surface area (Å²) in [5.74, 6) is 0.897. The van der Waals surface area contributed by atoms with Crippen molar-refractivity contribution in [2.75, 3.05) is 0 Å². The van der Waals surface area contributed by atoms with Gasteiger partial charge in [0.05, 0.1) is 5.56 Å². The smallest absolute Gasteiger partial charge is 0.416 e. The van der Waals surface area contributed by atoms with Crippen molar-refractivity contribution in [3.8, 4) is 22.6 Å². The topological polar surface area (TPSA) is 29.5 Å². The van der Waals surface area contributed by atoms with Gasteiger partial charge in [0.25, 0.3) is 0 Å². The molecule has 1 N–H and O–H groups in total. The molecule has 0 saturated carbocycles. The Kier molecular flexibility index (Phi) is 6.94. The van der Waals surface area contributed by atoms with Crippen LogP contribution in [0.25, 0.3) is 11.1 Å². The van der Waals surface area contributed by atoms with Crippen LogP contribution < -0.4 is 4.74 Å². The number of phenolic OH excluding ortho intramolecular Hbond substituents is 1. The Morgan fingerprint density at radius 3 is 2.29 bits per heavy atom. The zero-order valence-electron chi connectivity index (χ0n) is 18.0. The summed E-state index contributed by atoms with van der Waals surface area (Å²) in [6.45, 7) is 5.92. The van der Waals surface area contributed by atoms with Gasteiger partial charge < -0.3 is 9.84 Å². The number of hydrogen-bond donors (Lipinski definition) is 1. The van der Waals surface area contributed by atoms with E-state index in [2.05, 4.69) is 6.92 Å². The first-order valence-electron chi connectivity index (χ1n) is 10.4. The Morgan fingerprint density at radius 1 is 0.968 bits per heavy atom. The number of ether oxygens (including phenoxy) is 1. The number of hydrogen-bond acceptors (Lipinski definition) is 2. The van der Waals surface area contributed by atoms with Crippen LogP contribution in [-0.2, 0) is 6.18 Å². The average Bonchev–Trinajstić information content (AvgIpc) is 2.73. The first-order chi connectivity index (χ1) is 14.7. The quantitative estimate of drug-likeness (QED) is 0.413. The van der Waals surface area contributed by atoms with Crippen LogP contribution in [0, 0.1) is 13.8 Å². The van der Waals surface area contributed by atoms with Crippen molar-refractivity contribution < 1.29 is 23.0 Å². The van der Waals surface area contributed by atoms with E-state index in [1.165, 1.54) is 12.1 Å². The Hall–Kier alpha value is -2.95. The Balaban J connectivity index is 1.95. The number of alkyl halides is 3. The maximum Gasteiger partial charge on any atom is 0.416 e. The number of rotatable bonds is 7. The van der Waals surface area contributed by atoms with E-state index in [-0.39, 0.29) is 11.9 Å². The molecule has 0 aliphatic heterocycles. The zero-order chi connectivity index (χ0) is 22.6. The van der Waals surface area contributed by atoms with E-state index in [4.69, 9.17) is 4.74 Å². The maximum absolute atomic E-state index is 12.9. The molecule has 0 aromatic heterocycles. The number of unbranched alkanes of at least 4 members (excludes halogenated alkanes) is 1. The molecule has 0 spiro atoms. The molecule has 0 aliphatic rings. The first-order valence-corrected chi connectivity index (χ1v) is 10.4. The lowest BCUT2D eigenvalue weighted by molar-refractivity contribution is -0.137. The largest absolute Gasteiger partial charge is 0.508 e. The van der Waals surface area contributed by atoms with Gasteiger partial charge >= 0.3 is 6.18 Å². The van der Waals surface area contributed by atoms with Crippen molar-refractivity contribution in [1.29, 1.82) is 0 Å². The minimum absolute atomic E-state index is 0.196. The van der Waals surface area contributed by atoms with Crippen LogP contribution in [0.5, 0.6) is 11.5 Å². The summed E-state index contributed by atoms with van der Waals surface area (Å²) >= 11 is 0. The molecule has 1 atom stereocenters. The van der Waals surface area contributed by atoms with E-state index in [1.54, 1.807) is 12.1 Å². The van der Waals surface area contributed by atoms with Crippen LogP contribution in [0.3, 0.4) is 0 Å². The van der Waals surface area contributed by atoms with Crippen molar-refractivity contribution in [2.24, 2.45) is 0 Å². The summed E-state index contributed by atoms with van der Waals surface area (Å²) in [7, 11) is 0. The Bertz CT molecular complexity index is 1020. The van der Waals surface area contributed by atoms with E-state index in [0.29, 0.717) is 5.75 Å². The standard InChI is InChI=1S/C26H27F3O2/c1-4-5-9-25(31-21-14-15-24(30)17(2)16-21)23-8-6-7-22(18(23)3)19-10-12-20(13-11-19)26(27,28)29/h6-8,10-16,25,30H,4-5,9H2,1-3H3. The number of phenols is 1. The number of aryl methyl sites for hydroxylation is 1. The lowest BCUT2D eigenvalue weighted by Crippen LogP contribution is -2.10. The minimum atomic E-state index is -4.35. The van der Waals surface area contributed by atoms with E-state index < -0.39 is 11.7 Å². The van der Waals surface area contributed by atoms with Gasteiger partial charge in [-0.2, -0.15) is 13.2 Å². The van der Waals surface area contributed by atoms with E-state index >= 15 is 0 Å². The normalized spacial score (nSPS) is 12.6. The maximum atomic E-state index is 12.9. The molecule has 2 nitrogen and oxygen atoms in total. The van der Waals surface area contributed by atoms with Gasteiger partial charge in [0.15, 0.2) is 0 Å². The Labute approximate surface area is 181 Å². The summed E-state index contributed by atoms with van der Waals surface area (Å²) in [6, 6.07) is 16.3. The second-order valence-electron chi connectivity index (χ2n) is 7.79. The molecule has 0 bridgehead atoms. The molecule has 3 aromatic rings. The Morgan fingerprint density at radius 2 is 1.68 bits per heavy atom. The van der Waals surface area contributed by atoms with Crippen LogP contribution in [-0.4, -0.2) is 5.11 Å². The predicted molar refractivity (Wildman–Crippen MR) is 117 cm³/mol. The molecule has 31 heavy (non-hydrogen) atoms. The summed E-state index contributed by atoms with van der Waals surface area (Å²) in [5.41, 5.74) is 3.70. The van der Waals surface area contributed by atoms with Crippen molar-refractivity contribution in [3.63, 3.8) is 0 Å². The van der Waals surface area contributed by atoms with Gasteiger partial charge in [0.2, 0.25) is 0 Å². The van der Waals surface area contributed by atoms with Crippen molar-refractivity contribution in [2.45, 2.75) is 52.3 Å². The minimum Gasteiger partial charge on any atom is -0.508 e. The summed E-state index contributed by atoms with van der Waals surface area (Å²) in [4.78, 5) is 0. The second kappa shape index (κ2) is 9.46. The van der Waals surface area contributed by atoms with Crippen LogP contribution >= 0.6 is 0 Å². The third kappa shape index (κ3) is 5.40. The second-order valence-corrected chi connectivity index (χ2v) is 7.79. The lowest BCUT2D eigenvalue weighted by atomic mass is 9.91. The monoisotopic (exact) mass is 428 g/mol. The summed E-state index contributed by atoms with van der Waals surface area (Å²) in [6.07, 6.45) is -1.74. The first kappa shape index (κ1) is 22.7. The van der Waals surface area contributed by atoms with Gasteiger partial charge in [-0.3, -0.25) is 0 Å².